The van der Waals surface area contributed by atoms with Crippen LogP contribution in [0.4, 0.5) is 74.6 Å². The lowest BCUT2D eigenvalue weighted by Crippen LogP contribution is -2.75. The molecule has 0 aliphatic rings. The lowest BCUT2D eigenvalue weighted by molar-refractivity contribution is -0.890. The second-order valence-electron chi connectivity index (χ2n) is 9.96. The first-order valence-electron chi connectivity index (χ1n) is 11.5. The van der Waals surface area contributed by atoms with Crippen LogP contribution in [0.25, 0.3) is 0 Å². The number of likely N-dealkylation sites (N-methyl/N-ethyl adjacent to an activating group) is 1. The highest BCUT2D eigenvalue weighted by Crippen LogP contribution is 2.64. The summed E-state index contributed by atoms with van der Waals surface area (Å²) < 4.78 is 285. The van der Waals surface area contributed by atoms with Gasteiger partial charge in [-0.15, -0.1) is 0 Å². The lowest BCUT2D eigenvalue weighted by atomic mass is 9.91. The molecule has 46 heavy (non-hydrogen) atoms. The van der Waals surface area contributed by atoms with E-state index < -0.39 is 116 Å². The Morgan fingerprint density at radius 3 is 1.28 bits per heavy atom. The first kappa shape index (κ1) is 46.6. The van der Waals surface area contributed by atoms with Crippen molar-refractivity contribution in [3.63, 3.8) is 0 Å². The van der Waals surface area contributed by atoms with Gasteiger partial charge in [0.15, 0.2) is 0 Å². The van der Waals surface area contributed by atoms with Gasteiger partial charge in [0.25, 0.3) is 20.1 Å². The molecule has 0 atom stereocenters. The summed E-state index contributed by atoms with van der Waals surface area (Å²) in [5, 5.41) is 1.15. The minimum absolute atomic E-state index is 0. The van der Waals surface area contributed by atoms with E-state index in [1.165, 1.54) is 14.1 Å². The summed E-state index contributed by atoms with van der Waals surface area (Å²) in [6, 6.07) is 0. The Kier molecular flexibility index (Phi) is 14.0. The fourth-order valence-corrected chi connectivity index (χ4v) is 5.32. The number of sulfonamides is 1. The molecule has 0 radical (unpaired) electrons. The standard InChI is InChI=1S/C18H23F17N2O6S2.H2O/c1-37(2,8-9-38)7-3-5-36(6-4-10-44(39,40)41)45(42,43)18(34,35)16(29,30)14(25,26)12(21,22)11(19,20)13(23,24)15(27,28)17(31,32)33;/h38H,3-10H2,1-2H3;1H2. The van der Waals surface area contributed by atoms with Crippen LogP contribution in [-0.2, 0) is 20.1 Å². The third-order valence-electron chi connectivity index (χ3n) is 6.04. The third-order valence-corrected chi connectivity index (χ3v) is 8.80. The monoisotopic (exact) mass is 768 g/mol. The van der Waals surface area contributed by atoms with Gasteiger partial charge in [0.05, 0.1) is 33.0 Å². The van der Waals surface area contributed by atoms with Crippen molar-refractivity contribution in [2.75, 3.05) is 52.6 Å². The van der Waals surface area contributed by atoms with Gasteiger partial charge in [0, 0.05) is 19.5 Å². The minimum Gasteiger partial charge on any atom is -0.870 e. The molecule has 0 saturated carbocycles. The Bertz CT molecular complexity index is 1240. The molecule has 0 aromatic carbocycles. The SMILES string of the molecule is C[N+](C)(CCO)CCCN(CCCS(=O)(=O)O)S(=O)(=O)C(F)(F)C(F)(F)C(F)(F)C(F)(F)C(F)(F)C(F)(F)C(F)(F)C(F)(F)F.[OH-]. The van der Waals surface area contributed by atoms with Gasteiger partial charge in [-0.2, -0.15) is 87.4 Å². The first-order valence-corrected chi connectivity index (χ1v) is 14.5. The molecule has 280 valence electrons. The van der Waals surface area contributed by atoms with Crippen LogP contribution in [0.5, 0.6) is 0 Å². The lowest BCUT2D eigenvalue weighted by Gasteiger charge is -2.43. The number of nitrogens with zero attached hydrogens (tertiary/aromatic N) is 2. The molecule has 0 unspecified atom stereocenters. The molecular weight excluding hydrogens is 743 g/mol. The molecule has 0 amide bonds. The highest BCUT2D eigenvalue weighted by Gasteiger charge is 2.96. The van der Waals surface area contributed by atoms with Crippen molar-refractivity contribution < 1.29 is 111 Å². The number of rotatable bonds is 18. The molecule has 0 heterocycles. The maximum absolute atomic E-state index is 14.6. The van der Waals surface area contributed by atoms with E-state index in [1.807, 2.05) is 0 Å². The van der Waals surface area contributed by atoms with E-state index >= 15 is 0 Å². The summed E-state index contributed by atoms with van der Waals surface area (Å²) in [5.74, 6) is -54.0. The van der Waals surface area contributed by atoms with Crippen molar-refractivity contribution >= 4 is 20.1 Å². The second-order valence-corrected chi connectivity index (χ2v) is 13.5. The van der Waals surface area contributed by atoms with Gasteiger partial charge in [-0.3, -0.25) is 4.55 Å². The molecule has 0 aromatic heterocycles. The van der Waals surface area contributed by atoms with Crippen LogP contribution in [0, 0.1) is 0 Å². The summed E-state index contributed by atoms with van der Waals surface area (Å²) in [4.78, 5) is 0. The van der Waals surface area contributed by atoms with Crippen molar-refractivity contribution in [3.05, 3.63) is 0 Å². The number of alkyl halides is 17. The van der Waals surface area contributed by atoms with Crippen LogP contribution in [0.15, 0.2) is 0 Å². The van der Waals surface area contributed by atoms with Crippen molar-refractivity contribution in [1.29, 1.82) is 0 Å². The Morgan fingerprint density at radius 2 is 0.935 bits per heavy atom. The van der Waals surface area contributed by atoms with Gasteiger partial charge in [-0.1, -0.05) is 0 Å². The molecule has 0 rings (SSSR count). The molecule has 0 aliphatic heterocycles. The fourth-order valence-electron chi connectivity index (χ4n) is 3.31. The number of hydrogen-bond donors (Lipinski definition) is 2. The minimum atomic E-state index is -8.98. The van der Waals surface area contributed by atoms with Crippen LogP contribution >= 0.6 is 0 Å². The van der Waals surface area contributed by atoms with Gasteiger partial charge in [0.2, 0.25) is 0 Å². The maximum Gasteiger partial charge on any atom is 0.460 e. The Balaban J connectivity index is 0. The van der Waals surface area contributed by atoms with Crippen molar-refractivity contribution in [2.45, 2.75) is 59.8 Å². The Hall–Kier alpha value is -1.49. The molecule has 0 aromatic rings. The fraction of sp³-hybridized carbons (Fsp3) is 1.00. The molecule has 0 aliphatic carbocycles. The highest BCUT2D eigenvalue weighted by atomic mass is 32.2. The van der Waals surface area contributed by atoms with Crippen molar-refractivity contribution in [2.24, 2.45) is 0 Å². The van der Waals surface area contributed by atoms with E-state index in [0.29, 0.717) is 0 Å². The van der Waals surface area contributed by atoms with Crippen molar-refractivity contribution in [3.8, 4) is 0 Å². The molecule has 3 N–H and O–H groups in total. The van der Waals surface area contributed by atoms with E-state index in [2.05, 4.69) is 0 Å². The van der Waals surface area contributed by atoms with Crippen LogP contribution in [0.3, 0.4) is 0 Å². The third kappa shape index (κ3) is 8.20. The smallest absolute Gasteiger partial charge is 0.460 e. The number of aliphatic hydroxyl groups excluding tert-OH is 1. The Labute approximate surface area is 248 Å². The molecule has 0 bridgehead atoms. The molecule has 0 spiro atoms. The van der Waals surface area contributed by atoms with Crippen LogP contribution < -0.4 is 0 Å². The largest absolute Gasteiger partial charge is 0.870 e. The van der Waals surface area contributed by atoms with Gasteiger partial charge >= 0.3 is 47.0 Å². The summed E-state index contributed by atoms with van der Waals surface area (Å²) in [6.45, 7) is -4.36. The van der Waals surface area contributed by atoms with Gasteiger partial charge in [-0.05, 0) is 6.42 Å². The van der Waals surface area contributed by atoms with Gasteiger partial charge in [0.1, 0.15) is 6.54 Å². The van der Waals surface area contributed by atoms with E-state index in [1.54, 1.807) is 0 Å². The topological polar surface area (TPSA) is 142 Å². The normalized spacial score (nSPS) is 15.7. The van der Waals surface area contributed by atoms with Crippen molar-refractivity contribution in [1.82, 2.24) is 4.31 Å². The summed E-state index contributed by atoms with van der Waals surface area (Å²) in [7, 11) is -10.1. The van der Waals surface area contributed by atoms with E-state index in [9.17, 15) is 91.5 Å². The van der Waals surface area contributed by atoms with Crippen LogP contribution in [0.2, 0.25) is 0 Å². The zero-order chi connectivity index (χ0) is 36.7. The predicted octanol–water partition coefficient (Wildman–Crippen LogP) is 4.15. The average molecular weight is 769 g/mol. The molecule has 9 nitrogen and oxygen atoms in total. The van der Waals surface area contributed by atoms with Gasteiger partial charge < -0.3 is 15.1 Å². The summed E-state index contributed by atoms with van der Waals surface area (Å²) in [6.07, 6.45) is -10.0. The van der Waals surface area contributed by atoms with Crippen LogP contribution in [-0.4, -0.2) is 140 Å². The molecule has 0 fully saturated rings. The molecular formula is C18H25F17N2O7S2. The zero-order valence-electron chi connectivity index (χ0n) is 22.8. The van der Waals surface area contributed by atoms with E-state index in [-0.39, 0.29) is 16.5 Å². The second kappa shape index (κ2) is 13.8. The van der Waals surface area contributed by atoms with E-state index in [4.69, 9.17) is 9.66 Å². The van der Waals surface area contributed by atoms with Gasteiger partial charge in [-0.25, -0.2) is 8.42 Å². The maximum atomic E-state index is 14.6. The number of hydrogen-bond acceptors (Lipinski definition) is 6. The number of aliphatic hydroxyl groups is 1. The Morgan fingerprint density at radius 1 is 0.587 bits per heavy atom. The molecule has 28 heteroatoms. The van der Waals surface area contributed by atoms with E-state index in [0.717, 1.165) is 0 Å². The predicted molar refractivity (Wildman–Crippen MR) is 118 cm³/mol. The first-order chi connectivity index (χ1) is 19.4. The highest BCUT2D eigenvalue weighted by molar-refractivity contribution is 7.90. The zero-order valence-corrected chi connectivity index (χ0v) is 24.4. The summed E-state index contributed by atoms with van der Waals surface area (Å²) in [5.41, 5.74) is 0. The summed E-state index contributed by atoms with van der Waals surface area (Å²) >= 11 is 0. The number of halogens is 17. The van der Waals surface area contributed by atoms with Crippen LogP contribution in [0.1, 0.15) is 12.8 Å². The average Bonchev–Trinajstić information content (AvgIpc) is 2.80. The quantitative estimate of drug-likeness (QED) is 0.121. The number of quaternary nitrogens is 1. The molecule has 0 saturated heterocycles.